The number of nitrogen functional groups attached to an aromatic ring is 1. The first-order valence-corrected chi connectivity index (χ1v) is 23.6. The number of rotatable bonds is 7. The predicted octanol–water partition coefficient (Wildman–Crippen LogP) is 5.57. The van der Waals surface area contributed by atoms with Crippen LogP contribution in [0.2, 0.25) is 0 Å². The zero-order chi connectivity index (χ0) is 51.8. The Bertz CT molecular complexity index is 3820. The SMILES string of the molecule is CC(=O)[O-].Fc1cccc2c1COCC2n1c(-c2ccccc2)nc2cnc(-n3cnc4ccccc43)nc21.Nc1cnc(-n2cnc3ccccc32)nc1NC1COCc2c(F)cccc21.O=Cc1ccccc1.[Na+]. The molecular weight excluding hydrogens is 982 g/mol. The first-order chi connectivity index (χ1) is 36.6. The Labute approximate surface area is 455 Å². The van der Waals surface area contributed by atoms with Gasteiger partial charge in [0.05, 0.1) is 78.7 Å². The third kappa shape index (κ3) is 11.2. The number of imidazole rings is 3. The van der Waals surface area contributed by atoms with E-state index in [1.807, 2.05) is 118 Å². The van der Waals surface area contributed by atoms with E-state index in [9.17, 15) is 13.6 Å². The number of para-hydroxylation sites is 4. The van der Waals surface area contributed by atoms with Crippen LogP contribution in [0.4, 0.5) is 20.3 Å². The van der Waals surface area contributed by atoms with E-state index >= 15 is 0 Å². The maximum atomic E-state index is 14.7. The molecule has 0 aliphatic carbocycles. The predicted molar refractivity (Wildman–Crippen MR) is 276 cm³/mol. The number of aromatic nitrogens is 10. The van der Waals surface area contributed by atoms with Crippen LogP contribution in [-0.2, 0) is 27.5 Å². The molecule has 0 radical (unpaired) electrons. The summed E-state index contributed by atoms with van der Waals surface area (Å²) in [5.74, 6) is 0.509. The van der Waals surface area contributed by atoms with Crippen molar-refractivity contribution in [1.82, 2.24) is 48.6 Å². The van der Waals surface area contributed by atoms with Gasteiger partial charge in [-0.05, 0) is 54.4 Å². The van der Waals surface area contributed by atoms with Crippen LogP contribution in [0, 0.1) is 11.6 Å². The van der Waals surface area contributed by atoms with Gasteiger partial charge in [-0.2, -0.15) is 9.97 Å². The van der Waals surface area contributed by atoms with Gasteiger partial charge in [-0.3, -0.25) is 18.5 Å². The quantitative estimate of drug-likeness (QED) is 0.147. The van der Waals surface area contributed by atoms with E-state index in [0.717, 1.165) is 63.4 Å². The Hall–Kier alpha value is -8.59. The van der Waals surface area contributed by atoms with Gasteiger partial charge in [-0.25, -0.2) is 33.7 Å². The summed E-state index contributed by atoms with van der Waals surface area (Å²) >= 11 is 0. The molecule has 2 aliphatic rings. The number of aliphatic carboxylic acids is 1. The third-order valence-electron chi connectivity index (χ3n) is 12.3. The molecule has 3 N–H and O–H groups in total. The van der Waals surface area contributed by atoms with Crippen LogP contribution < -0.4 is 45.7 Å². The fraction of sp³-hybridized carbons (Fsp3) is 0.125. The zero-order valence-corrected chi connectivity index (χ0v) is 43.1. The summed E-state index contributed by atoms with van der Waals surface area (Å²) in [6.45, 7) is 2.25. The molecule has 76 heavy (non-hydrogen) atoms. The van der Waals surface area contributed by atoms with Crippen molar-refractivity contribution >= 4 is 57.0 Å². The van der Waals surface area contributed by atoms with Crippen molar-refractivity contribution < 1.29 is 62.5 Å². The van der Waals surface area contributed by atoms with E-state index in [2.05, 4.69) is 30.2 Å². The van der Waals surface area contributed by atoms with E-state index in [4.69, 9.17) is 35.1 Å². The molecule has 20 heteroatoms. The second-order valence-electron chi connectivity index (χ2n) is 17.1. The number of hydrogen-bond donors (Lipinski definition) is 2. The minimum atomic E-state index is -1.08. The van der Waals surface area contributed by atoms with Gasteiger partial charge in [-0.15, -0.1) is 0 Å². The second-order valence-corrected chi connectivity index (χ2v) is 17.1. The van der Waals surface area contributed by atoms with Gasteiger partial charge >= 0.3 is 29.6 Å². The fourth-order valence-corrected chi connectivity index (χ4v) is 8.79. The average molecular weight is 1030 g/mol. The van der Waals surface area contributed by atoms with E-state index in [1.165, 1.54) is 12.1 Å². The van der Waals surface area contributed by atoms with Crippen molar-refractivity contribution in [1.29, 1.82) is 0 Å². The first kappa shape index (κ1) is 52.3. The number of nitrogens with zero attached hydrogens (tertiary/aromatic N) is 10. The number of carboxylic acid groups (broad SMARTS) is 1. The summed E-state index contributed by atoms with van der Waals surface area (Å²) in [5.41, 5.74) is 15.8. The number of carbonyl (C=O) groups excluding carboxylic acids is 2. The molecule has 0 saturated heterocycles. The monoisotopic (exact) mass is 1030 g/mol. The average Bonchev–Trinajstić information content (AvgIpc) is 4.19. The van der Waals surface area contributed by atoms with Gasteiger partial charge < -0.3 is 30.4 Å². The van der Waals surface area contributed by atoms with Crippen molar-refractivity contribution in [2.75, 3.05) is 24.3 Å². The van der Waals surface area contributed by atoms with Gasteiger partial charge in [0, 0.05) is 28.2 Å². The minimum absolute atomic E-state index is 0. The van der Waals surface area contributed by atoms with Crippen molar-refractivity contribution in [3.05, 3.63) is 210 Å². The summed E-state index contributed by atoms with van der Waals surface area (Å²) < 4.78 is 45.9. The van der Waals surface area contributed by atoms with Crippen LogP contribution in [0.15, 0.2) is 171 Å². The Morgan fingerprint density at radius 1 is 0.658 bits per heavy atom. The summed E-state index contributed by atoms with van der Waals surface area (Å²) in [7, 11) is 0. The molecule has 5 aromatic heterocycles. The van der Waals surface area contributed by atoms with Gasteiger partial charge in [0.1, 0.15) is 41.9 Å². The minimum Gasteiger partial charge on any atom is -0.550 e. The number of aldehydes is 1. The molecule has 0 spiro atoms. The molecular formula is C56H45F2N12NaO5. The number of carbonyl (C=O) groups is 2. The number of fused-ring (bicyclic) bond motifs is 5. The Morgan fingerprint density at radius 2 is 1.20 bits per heavy atom. The number of anilines is 2. The molecule has 2 aliphatic heterocycles. The first-order valence-electron chi connectivity index (χ1n) is 23.6. The molecule has 0 amide bonds. The molecule has 0 bridgehead atoms. The van der Waals surface area contributed by atoms with Crippen LogP contribution in [-0.4, -0.2) is 74.1 Å². The second kappa shape index (κ2) is 23.7. The molecule has 374 valence electrons. The third-order valence-corrected chi connectivity index (χ3v) is 12.3. The summed E-state index contributed by atoms with van der Waals surface area (Å²) in [6, 6.07) is 44.2. The van der Waals surface area contributed by atoms with Crippen LogP contribution in [0.1, 0.15) is 51.6 Å². The molecule has 0 saturated carbocycles. The standard InChI is InChI=1S/C27H19FN6O.C20H17FN6O.C7H6O.C2H4O2.Na/c28-20-10-6-9-18-19(20)14-35-15-24(18)34-25(17-7-2-1-3-8-17)31-22-13-29-27(32-26(22)34)33-16-30-21-11-4-5-12-23(21)33;21-14-5-3-4-12-13(14)9-28-10-17(12)25-19-15(22)8-23-20(26-19)27-11-24-16-6-1-2-7-18(16)27;8-6-7-4-2-1-3-5-7;1-2(3)4;/h1-13,16,24H,14-15H2;1-8,11,17H,9-10,22H2,(H,23,25,26);1-6H;1H3,(H,3,4);/q;;;;+1/p-1. The largest absolute Gasteiger partial charge is 1.00 e. The zero-order valence-electron chi connectivity index (χ0n) is 41.1. The summed E-state index contributed by atoms with van der Waals surface area (Å²) in [4.78, 5) is 51.1. The Balaban J connectivity index is 0.000000153. The molecule has 6 aromatic carbocycles. The van der Waals surface area contributed by atoms with E-state index < -0.39 is 5.97 Å². The maximum absolute atomic E-state index is 14.7. The summed E-state index contributed by atoms with van der Waals surface area (Å²) in [5, 5.41) is 12.2. The van der Waals surface area contributed by atoms with Gasteiger partial charge in [-0.1, -0.05) is 109 Å². The van der Waals surface area contributed by atoms with Crippen LogP contribution >= 0.6 is 0 Å². The van der Waals surface area contributed by atoms with Gasteiger partial charge in [0.15, 0.2) is 11.5 Å². The Kier molecular flexibility index (Phi) is 16.3. The number of nitrogens with two attached hydrogens (primary N) is 1. The van der Waals surface area contributed by atoms with Crippen LogP contribution in [0.5, 0.6) is 0 Å². The van der Waals surface area contributed by atoms with Crippen LogP contribution in [0.3, 0.4) is 0 Å². The van der Waals surface area contributed by atoms with Gasteiger partial charge in [0.25, 0.3) is 0 Å². The molecule has 11 aromatic rings. The normalized spacial score (nSPS) is 14.3. The van der Waals surface area contributed by atoms with E-state index in [1.54, 1.807) is 53.9 Å². The van der Waals surface area contributed by atoms with Crippen molar-refractivity contribution in [3.8, 4) is 23.3 Å². The molecule has 2 unspecified atom stereocenters. The number of nitrogens with one attached hydrogen (secondary N) is 1. The van der Waals surface area contributed by atoms with Gasteiger partial charge in [0.2, 0.25) is 11.9 Å². The van der Waals surface area contributed by atoms with E-state index in [0.29, 0.717) is 58.9 Å². The molecule has 0 fully saturated rings. The van der Waals surface area contributed by atoms with Crippen molar-refractivity contribution in [2.45, 2.75) is 32.2 Å². The molecule has 2 atom stereocenters. The summed E-state index contributed by atoms with van der Waals surface area (Å²) in [6.07, 6.45) is 7.51. The molecule has 13 rings (SSSR count). The number of benzene rings is 6. The van der Waals surface area contributed by atoms with Crippen molar-refractivity contribution in [2.24, 2.45) is 0 Å². The molecule has 7 heterocycles. The molecule has 17 nitrogen and oxygen atoms in total. The number of halogens is 2. The topological polar surface area (TPSA) is 219 Å². The maximum Gasteiger partial charge on any atom is 1.00 e. The Morgan fingerprint density at radius 3 is 1.82 bits per heavy atom. The van der Waals surface area contributed by atoms with Crippen molar-refractivity contribution in [3.63, 3.8) is 0 Å². The number of hydrogen-bond acceptors (Lipinski definition) is 14. The fourth-order valence-electron chi connectivity index (χ4n) is 8.79. The van der Waals surface area contributed by atoms with Crippen LogP contribution in [0.25, 0.3) is 56.5 Å². The number of carboxylic acids is 1. The number of ether oxygens (including phenoxy) is 2. The smallest absolute Gasteiger partial charge is 0.550 e. The van der Waals surface area contributed by atoms with E-state index in [-0.39, 0.29) is 66.5 Å².